The van der Waals surface area contributed by atoms with Gasteiger partial charge in [-0.3, -0.25) is 0 Å². The van der Waals surface area contributed by atoms with Crippen molar-refractivity contribution in [3.8, 4) is 0 Å². The number of carbonyl (C=O) groups is 2. The Balaban J connectivity index is 0.000000343. The van der Waals surface area contributed by atoms with Gasteiger partial charge in [-0.1, -0.05) is 60.7 Å². The lowest BCUT2D eigenvalue weighted by molar-refractivity contribution is -0.858. The molecule has 0 fully saturated rings. The number of fused-ring (bicyclic) bond motifs is 2. The third-order valence-corrected chi connectivity index (χ3v) is 4.83. The zero-order valence-electron chi connectivity index (χ0n) is 17.2. The van der Waals surface area contributed by atoms with Crippen molar-refractivity contribution in [2.24, 2.45) is 0 Å². The van der Waals surface area contributed by atoms with E-state index >= 15 is 0 Å². The van der Waals surface area contributed by atoms with Crippen molar-refractivity contribution in [1.82, 2.24) is 0 Å². The van der Waals surface area contributed by atoms with Gasteiger partial charge in [-0.15, -0.1) is 0 Å². The molecular weight excluding hydrogens is 382 g/mol. The van der Waals surface area contributed by atoms with Gasteiger partial charge in [-0.2, -0.15) is 0 Å². The van der Waals surface area contributed by atoms with Gasteiger partial charge in [0.25, 0.3) is 0 Å². The summed E-state index contributed by atoms with van der Waals surface area (Å²) in [7, 11) is 4.31. The lowest BCUT2D eigenvalue weighted by Gasteiger charge is -2.31. The minimum atomic E-state index is -1.51. The van der Waals surface area contributed by atoms with E-state index in [9.17, 15) is 19.8 Å². The molecule has 0 heterocycles. The number of quaternary nitrogens is 1. The van der Waals surface area contributed by atoms with E-state index in [2.05, 4.69) is 50.5 Å². The molecular formula is C24H27NO5. The highest BCUT2D eigenvalue weighted by atomic mass is 16.4. The number of benzene rings is 2. The molecule has 1 aliphatic carbocycles. The number of aliphatic carboxylic acids is 2. The zero-order chi connectivity index (χ0) is 22.1. The van der Waals surface area contributed by atoms with Gasteiger partial charge in [0.2, 0.25) is 0 Å². The maximum atomic E-state index is 11.6. The van der Waals surface area contributed by atoms with Gasteiger partial charge in [0.15, 0.2) is 0 Å². The minimum absolute atomic E-state index is 0.447. The van der Waals surface area contributed by atoms with Gasteiger partial charge in [0.1, 0.15) is 5.60 Å². The van der Waals surface area contributed by atoms with Crippen LogP contribution >= 0.6 is 0 Å². The SMILES string of the molecule is C[NH+](C)CCCC1(O)c2ccccc2C=Cc2ccccc21.O=C([O-])/C=C\C(=O)O. The number of hydrogen-bond acceptors (Lipinski definition) is 4. The van der Waals surface area contributed by atoms with Crippen molar-refractivity contribution in [3.05, 3.63) is 82.9 Å². The molecule has 0 saturated heterocycles. The smallest absolute Gasteiger partial charge is 0.328 e. The molecule has 0 saturated carbocycles. The molecule has 3 rings (SSSR count). The first kappa shape index (κ1) is 23.1. The fraction of sp³-hybridized carbons (Fsp3) is 0.250. The molecule has 158 valence electrons. The molecule has 3 N–H and O–H groups in total. The Kier molecular flexibility index (Phi) is 8.09. The molecule has 2 aromatic rings. The van der Waals surface area contributed by atoms with E-state index in [0.29, 0.717) is 12.2 Å². The molecule has 6 heteroatoms. The standard InChI is InChI=1S/C20H23NO.C4H4O4/c1-21(2)15-7-14-20(22)18-10-5-3-8-16(18)12-13-17-9-4-6-11-19(17)20;5-3(6)1-2-4(7)8/h3-6,8-13,22H,7,14-15H2,1-2H3;1-2H,(H,5,6)(H,7,8)/b;2-1-. The van der Waals surface area contributed by atoms with Gasteiger partial charge >= 0.3 is 5.97 Å². The Labute approximate surface area is 176 Å². The van der Waals surface area contributed by atoms with Crippen molar-refractivity contribution in [3.63, 3.8) is 0 Å². The van der Waals surface area contributed by atoms with Crippen LogP contribution in [0.25, 0.3) is 12.2 Å². The zero-order valence-corrected chi connectivity index (χ0v) is 17.2. The molecule has 2 aromatic carbocycles. The molecule has 0 unspecified atom stereocenters. The number of carboxylic acids is 2. The maximum absolute atomic E-state index is 11.6. The molecule has 0 aromatic heterocycles. The average molecular weight is 409 g/mol. The molecule has 6 nitrogen and oxygen atoms in total. The van der Waals surface area contributed by atoms with Crippen molar-refractivity contribution >= 4 is 24.1 Å². The minimum Gasteiger partial charge on any atom is -0.545 e. The van der Waals surface area contributed by atoms with Gasteiger partial charge in [-0.05, 0) is 41.2 Å². The van der Waals surface area contributed by atoms with Crippen molar-refractivity contribution < 1.29 is 29.8 Å². The van der Waals surface area contributed by atoms with E-state index < -0.39 is 17.5 Å². The molecule has 0 aliphatic heterocycles. The lowest BCUT2D eigenvalue weighted by atomic mass is 9.80. The highest BCUT2D eigenvalue weighted by Crippen LogP contribution is 2.40. The average Bonchev–Trinajstić information content (AvgIpc) is 2.83. The molecule has 0 radical (unpaired) electrons. The monoisotopic (exact) mass is 409 g/mol. The lowest BCUT2D eigenvalue weighted by Crippen LogP contribution is -3.05. The molecule has 0 bridgehead atoms. The Bertz CT molecular complexity index is 881. The van der Waals surface area contributed by atoms with E-state index in [0.717, 1.165) is 41.6 Å². The second-order valence-corrected chi connectivity index (χ2v) is 7.42. The fourth-order valence-electron chi connectivity index (χ4n) is 3.47. The Morgan fingerprint density at radius 3 is 1.87 bits per heavy atom. The van der Waals surface area contributed by atoms with E-state index in [1.165, 1.54) is 4.90 Å². The topological polar surface area (TPSA) is 102 Å². The highest BCUT2D eigenvalue weighted by molar-refractivity contribution is 5.88. The number of rotatable bonds is 6. The van der Waals surface area contributed by atoms with Crippen LogP contribution in [0.5, 0.6) is 0 Å². The van der Waals surface area contributed by atoms with Gasteiger partial charge in [0.05, 0.1) is 26.6 Å². The summed E-state index contributed by atoms with van der Waals surface area (Å²) >= 11 is 0. The van der Waals surface area contributed by atoms with Crippen molar-refractivity contribution in [2.45, 2.75) is 18.4 Å². The summed E-state index contributed by atoms with van der Waals surface area (Å²) in [4.78, 5) is 20.4. The molecule has 1 aliphatic rings. The fourth-order valence-corrected chi connectivity index (χ4v) is 3.47. The van der Waals surface area contributed by atoms with Crippen LogP contribution in [-0.4, -0.2) is 42.8 Å². The number of aliphatic hydroxyl groups is 1. The maximum Gasteiger partial charge on any atom is 0.328 e. The summed E-state index contributed by atoms with van der Waals surface area (Å²) in [5.41, 5.74) is 3.35. The van der Waals surface area contributed by atoms with E-state index in [1.807, 2.05) is 24.3 Å². The van der Waals surface area contributed by atoms with Crippen LogP contribution in [0.4, 0.5) is 0 Å². The molecule has 30 heavy (non-hydrogen) atoms. The van der Waals surface area contributed by atoms with Crippen LogP contribution < -0.4 is 10.0 Å². The summed E-state index contributed by atoms with van der Waals surface area (Å²) in [6, 6.07) is 16.4. The summed E-state index contributed by atoms with van der Waals surface area (Å²) in [5.74, 6) is -2.80. The Morgan fingerprint density at radius 1 is 0.967 bits per heavy atom. The first-order valence-corrected chi connectivity index (χ1v) is 9.74. The van der Waals surface area contributed by atoms with Crippen LogP contribution in [0.3, 0.4) is 0 Å². The molecule has 0 amide bonds. The van der Waals surface area contributed by atoms with Gasteiger partial charge < -0.3 is 25.0 Å². The quantitative estimate of drug-likeness (QED) is 0.610. The number of nitrogens with one attached hydrogen (secondary N) is 1. The van der Waals surface area contributed by atoms with E-state index in [-0.39, 0.29) is 0 Å². The highest BCUT2D eigenvalue weighted by Gasteiger charge is 2.35. The Morgan fingerprint density at radius 2 is 1.47 bits per heavy atom. The van der Waals surface area contributed by atoms with Crippen LogP contribution in [-0.2, 0) is 15.2 Å². The third-order valence-electron chi connectivity index (χ3n) is 4.83. The van der Waals surface area contributed by atoms with Crippen LogP contribution in [0.15, 0.2) is 60.7 Å². The second-order valence-electron chi connectivity index (χ2n) is 7.42. The van der Waals surface area contributed by atoms with Gasteiger partial charge in [-0.25, -0.2) is 4.79 Å². The van der Waals surface area contributed by atoms with Crippen LogP contribution in [0, 0.1) is 0 Å². The van der Waals surface area contributed by atoms with E-state index in [1.54, 1.807) is 0 Å². The predicted octanol–water partition coefficient (Wildman–Crippen LogP) is 0.708. The Hall–Kier alpha value is -3.22. The number of hydrogen-bond donors (Lipinski definition) is 3. The van der Waals surface area contributed by atoms with E-state index in [4.69, 9.17) is 5.11 Å². The summed E-state index contributed by atoms with van der Waals surface area (Å²) in [5, 5.41) is 28.8. The van der Waals surface area contributed by atoms with Crippen LogP contribution in [0.2, 0.25) is 0 Å². The van der Waals surface area contributed by atoms with Crippen LogP contribution in [0.1, 0.15) is 35.1 Å². The second kappa shape index (κ2) is 10.5. The number of carboxylic acid groups (broad SMARTS) is 2. The van der Waals surface area contributed by atoms with Gasteiger partial charge in [0, 0.05) is 6.08 Å². The summed E-state index contributed by atoms with van der Waals surface area (Å²) in [6.07, 6.45) is 6.90. The predicted molar refractivity (Wildman–Crippen MR) is 114 cm³/mol. The van der Waals surface area contributed by atoms with Crippen molar-refractivity contribution in [2.75, 3.05) is 20.6 Å². The largest absolute Gasteiger partial charge is 0.545 e. The molecule has 0 spiro atoms. The summed E-state index contributed by atoms with van der Waals surface area (Å²) in [6.45, 7) is 1.06. The first-order chi connectivity index (χ1) is 14.2. The number of carbonyl (C=O) groups excluding carboxylic acids is 1. The summed E-state index contributed by atoms with van der Waals surface area (Å²) < 4.78 is 0. The molecule has 0 atom stereocenters. The van der Waals surface area contributed by atoms with Crippen molar-refractivity contribution in [1.29, 1.82) is 0 Å². The normalized spacial score (nSPS) is 13.7. The first-order valence-electron chi connectivity index (χ1n) is 9.74. The third kappa shape index (κ3) is 6.14.